The van der Waals surface area contributed by atoms with Crippen molar-refractivity contribution in [1.29, 1.82) is 0 Å². The highest BCUT2D eigenvalue weighted by Crippen LogP contribution is 2.33. The van der Waals surface area contributed by atoms with Crippen LogP contribution in [0.5, 0.6) is 11.5 Å². The van der Waals surface area contributed by atoms with E-state index in [0.717, 1.165) is 18.3 Å². The second kappa shape index (κ2) is 7.60. The molecule has 0 bridgehead atoms. The average Bonchev–Trinajstić information content (AvgIpc) is 2.63. The molecule has 1 aromatic heterocycles. The molecule has 0 aliphatic carbocycles. The quantitative estimate of drug-likeness (QED) is 0.722. The van der Waals surface area contributed by atoms with E-state index in [-0.39, 0.29) is 24.8 Å². The predicted octanol–water partition coefficient (Wildman–Crippen LogP) is 4.59. The normalized spacial score (nSPS) is 13.7. The number of pyridine rings is 1. The first-order valence-corrected chi connectivity index (χ1v) is 7.46. The predicted molar refractivity (Wildman–Crippen MR) is 83.0 cm³/mol. The van der Waals surface area contributed by atoms with Gasteiger partial charge in [0.05, 0.1) is 18.0 Å². The summed E-state index contributed by atoms with van der Waals surface area (Å²) in [6.07, 6.45) is -0.363. The minimum Gasteiger partial charge on any atom is -0.479 e. The van der Waals surface area contributed by atoms with Crippen LogP contribution in [0.4, 0.5) is 22.0 Å². The number of aliphatic imine (C=N–C) groups is 1. The average molecular weight is 386 g/mol. The van der Waals surface area contributed by atoms with Crippen molar-refractivity contribution in [2.75, 3.05) is 6.73 Å². The molecule has 1 aliphatic rings. The van der Waals surface area contributed by atoms with Gasteiger partial charge in [-0.05, 0) is 23.8 Å². The van der Waals surface area contributed by atoms with Crippen LogP contribution in [-0.2, 0) is 22.3 Å². The second-order valence-electron chi connectivity index (χ2n) is 5.28. The van der Waals surface area contributed by atoms with Gasteiger partial charge in [0.1, 0.15) is 12.4 Å². The van der Waals surface area contributed by atoms with Crippen LogP contribution in [-0.4, -0.2) is 17.6 Å². The van der Waals surface area contributed by atoms with E-state index in [9.17, 15) is 22.0 Å². The fraction of sp³-hybridized carbons (Fsp3) is 0.176. The summed E-state index contributed by atoms with van der Waals surface area (Å²) in [6.45, 7) is -0.102. The van der Waals surface area contributed by atoms with Gasteiger partial charge >= 0.3 is 6.18 Å². The fourth-order valence-electron chi connectivity index (χ4n) is 2.09. The summed E-state index contributed by atoms with van der Waals surface area (Å²) in [5.74, 6) is -3.26. The van der Waals surface area contributed by atoms with Crippen molar-refractivity contribution in [2.45, 2.75) is 12.8 Å². The number of benzene rings is 1. The lowest BCUT2D eigenvalue weighted by Gasteiger charge is -2.12. The Morgan fingerprint density at radius 3 is 2.44 bits per heavy atom. The van der Waals surface area contributed by atoms with Crippen molar-refractivity contribution < 1.29 is 36.2 Å². The highest BCUT2D eigenvalue weighted by molar-refractivity contribution is 5.87. The van der Waals surface area contributed by atoms with E-state index in [1.54, 1.807) is 0 Å². The van der Waals surface area contributed by atoms with Gasteiger partial charge in [-0.1, -0.05) is 0 Å². The molecule has 2 heterocycles. The van der Waals surface area contributed by atoms with Crippen LogP contribution in [0.1, 0.15) is 11.1 Å². The molecule has 0 amide bonds. The first kappa shape index (κ1) is 18.6. The van der Waals surface area contributed by atoms with Crippen LogP contribution >= 0.6 is 0 Å². The molecule has 27 heavy (non-hydrogen) atoms. The zero-order chi connectivity index (χ0) is 19.4. The van der Waals surface area contributed by atoms with Gasteiger partial charge in [-0.25, -0.2) is 13.8 Å². The molecule has 0 radical (unpaired) electrons. The van der Waals surface area contributed by atoms with Crippen LogP contribution < -0.4 is 4.74 Å². The SMILES string of the molecule is Fc1cc(COC2=NCOC=C2)cc(F)c1Oc1cncc(C(F)(F)F)c1. The Labute approximate surface area is 149 Å². The van der Waals surface area contributed by atoms with Crippen LogP contribution in [0.3, 0.4) is 0 Å². The lowest BCUT2D eigenvalue weighted by molar-refractivity contribution is -0.137. The number of nitrogens with zero attached hydrogens (tertiary/aromatic N) is 2. The van der Waals surface area contributed by atoms with Gasteiger partial charge in [0.25, 0.3) is 0 Å². The van der Waals surface area contributed by atoms with Gasteiger partial charge in [0, 0.05) is 12.3 Å². The summed E-state index contributed by atoms with van der Waals surface area (Å²) < 4.78 is 81.4. The van der Waals surface area contributed by atoms with E-state index >= 15 is 0 Å². The molecule has 2 aromatic rings. The van der Waals surface area contributed by atoms with Crippen molar-refractivity contribution >= 4 is 5.90 Å². The Kier molecular flexibility index (Phi) is 5.24. The third-order valence-electron chi connectivity index (χ3n) is 3.31. The van der Waals surface area contributed by atoms with Gasteiger partial charge < -0.3 is 14.2 Å². The highest BCUT2D eigenvalue weighted by Gasteiger charge is 2.31. The number of rotatable bonds is 4. The molecule has 0 N–H and O–H groups in total. The topological polar surface area (TPSA) is 52.9 Å². The van der Waals surface area contributed by atoms with Gasteiger partial charge in [0.15, 0.2) is 24.1 Å². The first-order chi connectivity index (χ1) is 12.8. The van der Waals surface area contributed by atoms with E-state index in [4.69, 9.17) is 14.2 Å². The van der Waals surface area contributed by atoms with Gasteiger partial charge in [-0.2, -0.15) is 13.2 Å². The van der Waals surface area contributed by atoms with Crippen molar-refractivity contribution in [3.63, 3.8) is 0 Å². The Balaban J connectivity index is 1.75. The van der Waals surface area contributed by atoms with E-state index in [0.29, 0.717) is 12.3 Å². The third-order valence-corrected chi connectivity index (χ3v) is 3.31. The summed E-state index contributed by atoms with van der Waals surface area (Å²) in [6, 6.07) is 2.49. The zero-order valence-electron chi connectivity index (χ0n) is 13.5. The number of ether oxygens (including phenoxy) is 3. The maximum atomic E-state index is 14.2. The van der Waals surface area contributed by atoms with E-state index < -0.39 is 34.9 Å². The Hall–Kier alpha value is -3.17. The number of alkyl halides is 3. The summed E-state index contributed by atoms with van der Waals surface area (Å²) in [5, 5.41) is 0. The lowest BCUT2D eigenvalue weighted by Crippen LogP contribution is -2.07. The standard InChI is InChI=1S/C17H11F5N2O3/c18-13-3-10(8-26-15-1-2-25-9-24-15)4-14(19)16(13)27-12-5-11(6-23-7-12)17(20,21)22/h1-7H,8-9H2. The number of aromatic nitrogens is 1. The van der Waals surface area contributed by atoms with Crippen molar-refractivity contribution in [3.05, 3.63) is 65.7 Å². The molecule has 3 rings (SSSR count). The smallest absolute Gasteiger partial charge is 0.418 e. The minimum atomic E-state index is -4.66. The Morgan fingerprint density at radius 2 is 1.81 bits per heavy atom. The Bertz CT molecular complexity index is 873. The zero-order valence-corrected chi connectivity index (χ0v) is 13.5. The monoisotopic (exact) mass is 386 g/mol. The van der Waals surface area contributed by atoms with Crippen LogP contribution in [0.2, 0.25) is 0 Å². The fourth-order valence-corrected chi connectivity index (χ4v) is 2.09. The number of halogens is 5. The van der Waals surface area contributed by atoms with E-state index in [2.05, 4.69) is 9.98 Å². The second-order valence-corrected chi connectivity index (χ2v) is 5.28. The number of hydrogen-bond acceptors (Lipinski definition) is 5. The summed E-state index contributed by atoms with van der Waals surface area (Å²) in [7, 11) is 0. The molecule has 1 aromatic carbocycles. The number of hydrogen-bond donors (Lipinski definition) is 0. The van der Waals surface area contributed by atoms with Crippen molar-refractivity contribution in [1.82, 2.24) is 4.98 Å². The van der Waals surface area contributed by atoms with Gasteiger partial charge in [0.2, 0.25) is 5.90 Å². The summed E-state index contributed by atoms with van der Waals surface area (Å²) in [5.41, 5.74) is -0.960. The van der Waals surface area contributed by atoms with Crippen LogP contribution in [0.15, 0.2) is 47.9 Å². The molecular formula is C17H11F5N2O3. The molecule has 0 fully saturated rings. The molecule has 0 atom stereocenters. The molecule has 0 saturated heterocycles. The molecule has 0 unspecified atom stereocenters. The maximum Gasteiger partial charge on any atom is 0.418 e. The van der Waals surface area contributed by atoms with Crippen LogP contribution in [0.25, 0.3) is 0 Å². The maximum absolute atomic E-state index is 14.2. The molecule has 1 aliphatic heterocycles. The molecule has 0 spiro atoms. The van der Waals surface area contributed by atoms with Gasteiger partial charge in [-0.3, -0.25) is 4.98 Å². The molecule has 10 heteroatoms. The van der Waals surface area contributed by atoms with Gasteiger partial charge in [-0.15, -0.1) is 0 Å². The molecular weight excluding hydrogens is 375 g/mol. The van der Waals surface area contributed by atoms with E-state index in [1.165, 1.54) is 12.3 Å². The van der Waals surface area contributed by atoms with E-state index in [1.807, 2.05) is 0 Å². The highest BCUT2D eigenvalue weighted by atomic mass is 19.4. The van der Waals surface area contributed by atoms with Crippen LogP contribution in [0, 0.1) is 11.6 Å². The van der Waals surface area contributed by atoms with Crippen molar-refractivity contribution in [3.8, 4) is 11.5 Å². The summed E-state index contributed by atoms with van der Waals surface area (Å²) in [4.78, 5) is 7.23. The largest absolute Gasteiger partial charge is 0.479 e. The first-order valence-electron chi connectivity index (χ1n) is 7.46. The Morgan fingerprint density at radius 1 is 1.07 bits per heavy atom. The molecule has 142 valence electrons. The lowest BCUT2D eigenvalue weighted by atomic mass is 10.2. The molecule has 5 nitrogen and oxygen atoms in total. The van der Waals surface area contributed by atoms with Crippen molar-refractivity contribution in [2.24, 2.45) is 4.99 Å². The molecule has 0 saturated carbocycles. The third kappa shape index (κ3) is 4.72. The minimum absolute atomic E-state index is 0.0758. The summed E-state index contributed by atoms with van der Waals surface area (Å²) >= 11 is 0.